The molecule has 0 aliphatic heterocycles. The zero-order valence-corrected chi connectivity index (χ0v) is 8.81. The standard InChI is InChI=1S/C10H12O4S/c11-5-8-1-3-10(4-2-8)14-15-7-9(13)6-12/h1-5,9,12-13H,6-7H2. The van der Waals surface area contributed by atoms with Gasteiger partial charge < -0.3 is 14.4 Å². The van der Waals surface area contributed by atoms with Crippen LogP contribution in [0.1, 0.15) is 10.4 Å². The van der Waals surface area contributed by atoms with Crippen LogP contribution in [0, 0.1) is 0 Å². The summed E-state index contributed by atoms with van der Waals surface area (Å²) in [5, 5.41) is 17.6. The Kier molecular flexibility index (Phi) is 5.17. The lowest BCUT2D eigenvalue weighted by Crippen LogP contribution is -2.15. The molecule has 1 unspecified atom stereocenters. The fourth-order valence-electron chi connectivity index (χ4n) is 0.835. The van der Waals surface area contributed by atoms with E-state index in [4.69, 9.17) is 14.4 Å². The van der Waals surface area contributed by atoms with Crippen LogP contribution >= 0.6 is 12.0 Å². The molecule has 0 aliphatic carbocycles. The third-order valence-electron chi connectivity index (χ3n) is 1.64. The van der Waals surface area contributed by atoms with Crippen LogP contribution in [0.15, 0.2) is 24.3 Å². The fourth-order valence-corrected chi connectivity index (χ4v) is 1.41. The van der Waals surface area contributed by atoms with E-state index >= 15 is 0 Å². The summed E-state index contributed by atoms with van der Waals surface area (Å²) in [6.45, 7) is -0.277. The van der Waals surface area contributed by atoms with Crippen LogP contribution < -0.4 is 4.18 Å². The highest BCUT2D eigenvalue weighted by Gasteiger charge is 2.03. The third-order valence-corrected chi connectivity index (χ3v) is 2.47. The second-order valence-corrected chi connectivity index (χ2v) is 3.63. The van der Waals surface area contributed by atoms with Gasteiger partial charge in [0.25, 0.3) is 0 Å². The Labute approximate surface area is 92.1 Å². The number of benzene rings is 1. The van der Waals surface area contributed by atoms with Gasteiger partial charge in [-0.15, -0.1) is 0 Å². The Morgan fingerprint density at radius 1 is 1.40 bits per heavy atom. The van der Waals surface area contributed by atoms with Crippen molar-refractivity contribution in [1.82, 2.24) is 0 Å². The van der Waals surface area contributed by atoms with Gasteiger partial charge in [0.2, 0.25) is 0 Å². The lowest BCUT2D eigenvalue weighted by Gasteiger charge is -2.06. The molecule has 0 aliphatic rings. The summed E-state index contributed by atoms with van der Waals surface area (Å²) < 4.78 is 5.21. The van der Waals surface area contributed by atoms with Crippen LogP contribution in [-0.2, 0) is 0 Å². The summed E-state index contributed by atoms with van der Waals surface area (Å²) in [4.78, 5) is 10.4. The predicted molar refractivity (Wildman–Crippen MR) is 58.0 cm³/mol. The van der Waals surface area contributed by atoms with E-state index in [1.807, 2.05) is 0 Å². The zero-order valence-electron chi connectivity index (χ0n) is 8.00. The highest BCUT2D eigenvalue weighted by molar-refractivity contribution is 7.95. The summed E-state index contributed by atoms with van der Waals surface area (Å²) in [6, 6.07) is 6.63. The number of rotatable bonds is 6. The summed E-state index contributed by atoms with van der Waals surface area (Å²) in [5.74, 6) is 0.905. The maximum Gasteiger partial charge on any atom is 0.150 e. The molecule has 1 atom stereocenters. The molecular formula is C10H12O4S. The molecule has 4 nitrogen and oxygen atoms in total. The number of carbonyl (C=O) groups excluding carboxylic acids is 1. The minimum atomic E-state index is -0.774. The van der Waals surface area contributed by atoms with Gasteiger partial charge in [-0.05, 0) is 24.3 Å². The summed E-state index contributed by atoms with van der Waals surface area (Å²) >= 11 is 1.05. The van der Waals surface area contributed by atoms with Crippen LogP contribution in [-0.4, -0.2) is 35.0 Å². The maximum atomic E-state index is 10.4. The van der Waals surface area contributed by atoms with Crippen molar-refractivity contribution in [3.8, 4) is 5.75 Å². The molecule has 0 fully saturated rings. The Morgan fingerprint density at radius 2 is 2.07 bits per heavy atom. The average Bonchev–Trinajstić information content (AvgIpc) is 2.29. The van der Waals surface area contributed by atoms with Gasteiger partial charge in [-0.1, -0.05) is 0 Å². The number of aldehydes is 1. The second kappa shape index (κ2) is 6.44. The topological polar surface area (TPSA) is 66.8 Å². The van der Waals surface area contributed by atoms with Crippen molar-refractivity contribution < 1.29 is 19.2 Å². The quantitative estimate of drug-likeness (QED) is 0.559. The highest BCUT2D eigenvalue weighted by Crippen LogP contribution is 2.17. The van der Waals surface area contributed by atoms with Crippen molar-refractivity contribution in [1.29, 1.82) is 0 Å². The van der Waals surface area contributed by atoms with E-state index in [0.717, 1.165) is 18.3 Å². The molecule has 0 heterocycles. The van der Waals surface area contributed by atoms with E-state index in [1.54, 1.807) is 24.3 Å². The van der Waals surface area contributed by atoms with Gasteiger partial charge in [0.1, 0.15) is 12.0 Å². The minimum absolute atomic E-state index is 0.277. The molecule has 0 bridgehead atoms. The van der Waals surface area contributed by atoms with E-state index in [1.165, 1.54) is 0 Å². The van der Waals surface area contributed by atoms with Gasteiger partial charge in [-0.3, -0.25) is 4.79 Å². The lowest BCUT2D eigenvalue weighted by molar-refractivity contribution is 0.112. The molecule has 0 saturated carbocycles. The molecule has 0 spiro atoms. The first-order chi connectivity index (χ1) is 7.26. The van der Waals surface area contributed by atoms with Crippen molar-refractivity contribution in [3.63, 3.8) is 0 Å². The van der Waals surface area contributed by atoms with E-state index in [2.05, 4.69) is 0 Å². The van der Waals surface area contributed by atoms with E-state index in [-0.39, 0.29) is 6.61 Å². The molecule has 0 radical (unpaired) electrons. The fraction of sp³-hybridized carbons (Fsp3) is 0.300. The predicted octanol–water partition coefficient (Wildman–Crippen LogP) is 0.879. The van der Waals surface area contributed by atoms with Gasteiger partial charge in [-0.25, -0.2) is 0 Å². The first kappa shape index (κ1) is 12.0. The maximum absolute atomic E-state index is 10.4. The van der Waals surface area contributed by atoms with E-state index in [9.17, 15) is 4.79 Å². The largest absolute Gasteiger partial charge is 0.426 e. The van der Waals surface area contributed by atoms with Crippen molar-refractivity contribution >= 4 is 18.3 Å². The molecule has 1 aromatic rings. The lowest BCUT2D eigenvalue weighted by atomic mass is 10.2. The molecule has 0 aromatic heterocycles. The van der Waals surface area contributed by atoms with Crippen LogP contribution in [0.3, 0.4) is 0 Å². The monoisotopic (exact) mass is 228 g/mol. The molecule has 5 heteroatoms. The number of hydrogen-bond donors (Lipinski definition) is 2. The molecule has 1 rings (SSSR count). The van der Waals surface area contributed by atoms with Gasteiger partial charge >= 0.3 is 0 Å². The molecular weight excluding hydrogens is 216 g/mol. The molecule has 0 saturated heterocycles. The average molecular weight is 228 g/mol. The summed E-state index contributed by atoms with van der Waals surface area (Å²) in [6.07, 6.45) is -0.0175. The van der Waals surface area contributed by atoms with Crippen LogP contribution in [0.2, 0.25) is 0 Å². The Morgan fingerprint density at radius 3 is 2.60 bits per heavy atom. The summed E-state index contributed by atoms with van der Waals surface area (Å²) in [5.41, 5.74) is 0.586. The molecule has 15 heavy (non-hydrogen) atoms. The number of aliphatic hydroxyl groups is 2. The molecule has 2 N–H and O–H groups in total. The normalized spacial score (nSPS) is 12.1. The highest BCUT2D eigenvalue weighted by atomic mass is 32.2. The second-order valence-electron chi connectivity index (χ2n) is 2.89. The Hall–Kier alpha value is -1.04. The van der Waals surface area contributed by atoms with Gasteiger partial charge in [0.05, 0.1) is 30.5 Å². The van der Waals surface area contributed by atoms with Crippen molar-refractivity contribution in [2.75, 3.05) is 12.4 Å². The number of aliphatic hydroxyl groups excluding tert-OH is 2. The van der Waals surface area contributed by atoms with Crippen molar-refractivity contribution in [2.45, 2.75) is 6.10 Å². The van der Waals surface area contributed by atoms with E-state index < -0.39 is 6.10 Å². The van der Waals surface area contributed by atoms with Crippen molar-refractivity contribution in [3.05, 3.63) is 29.8 Å². The SMILES string of the molecule is O=Cc1ccc(OSCC(O)CO)cc1. The summed E-state index contributed by atoms with van der Waals surface area (Å²) in [7, 11) is 0. The van der Waals surface area contributed by atoms with Gasteiger partial charge in [0.15, 0.2) is 0 Å². The first-order valence-electron chi connectivity index (χ1n) is 4.40. The van der Waals surface area contributed by atoms with Crippen LogP contribution in [0.5, 0.6) is 5.75 Å². The van der Waals surface area contributed by atoms with Gasteiger partial charge in [-0.2, -0.15) is 0 Å². The van der Waals surface area contributed by atoms with Crippen LogP contribution in [0.25, 0.3) is 0 Å². The minimum Gasteiger partial charge on any atom is -0.426 e. The Balaban J connectivity index is 2.34. The zero-order chi connectivity index (χ0) is 11.1. The smallest absolute Gasteiger partial charge is 0.150 e. The molecule has 82 valence electrons. The number of hydrogen-bond acceptors (Lipinski definition) is 5. The van der Waals surface area contributed by atoms with Gasteiger partial charge in [0, 0.05) is 5.56 Å². The Bertz CT molecular complexity index is 299. The number of carbonyl (C=O) groups is 1. The molecule has 0 amide bonds. The molecule has 1 aromatic carbocycles. The van der Waals surface area contributed by atoms with Crippen LogP contribution in [0.4, 0.5) is 0 Å². The first-order valence-corrected chi connectivity index (χ1v) is 5.31. The third kappa shape index (κ3) is 4.33. The van der Waals surface area contributed by atoms with Crippen molar-refractivity contribution in [2.24, 2.45) is 0 Å². The van der Waals surface area contributed by atoms with E-state index in [0.29, 0.717) is 17.1 Å².